The smallest absolute Gasteiger partial charge is 0.328 e. The lowest BCUT2D eigenvalue weighted by molar-refractivity contribution is -0.145. The summed E-state index contributed by atoms with van der Waals surface area (Å²) in [6.07, 6.45) is 22.1. The van der Waals surface area contributed by atoms with E-state index in [0.29, 0.717) is 18.6 Å². The molecule has 0 heterocycles. The maximum absolute atomic E-state index is 12.0. The Kier molecular flexibility index (Phi) is 21.4. The van der Waals surface area contributed by atoms with E-state index in [1.807, 2.05) is 0 Å². The summed E-state index contributed by atoms with van der Waals surface area (Å²) in [5.41, 5.74) is 0. The number of hydrogen-bond donors (Lipinski definition) is 2. The summed E-state index contributed by atoms with van der Waals surface area (Å²) in [7, 11) is 1.34. The second kappa shape index (κ2) is 22.0. The monoisotopic (exact) mass is 429 g/mol. The summed E-state index contributed by atoms with van der Waals surface area (Å²) in [6, 6.07) is -0.564. The minimum atomic E-state index is -0.564. The third kappa shape index (κ3) is 19.0. The fraction of sp³-hybridized carbons (Fsp3) is 0.917. The number of nitrogens with one attached hydrogen (secondary N) is 1. The molecule has 172 valence electrons. The molecule has 0 fully saturated rings. The average Bonchev–Trinajstić information content (AvgIpc) is 2.72. The molecule has 5 heteroatoms. The highest BCUT2D eigenvalue weighted by molar-refractivity contribution is 7.80. The van der Waals surface area contributed by atoms with Crippen LogP contribution in [0.5, 0.6) is 0 Å². The summed E-state index contributed by atoms with van der Waals surface area (Å²) in [5.74, 6) is 0.0888. The standard InChI is InChI=1S/C24H47NO3S/c1-3-4-5-6-7-8-9-10-11-12-13-14-15-16-17-18-19-23(26)25-22(20-21-29)24(27)28-2/h22,29H,3-21H2,1-2H3,(H,25,26). The molecule has 1 N–H and O–H groups in total. The molecule has 4 nitrogen and oxygen atoms in total. The van der Waals surface area contributed by atoms with E-state index in [4.69, 9.17) is 4.74 Å². The predicted octanol–water partition coefficient (Wildman–Crippen LogP) is 6.62. The molecule has 0 spiro atoms. The fourth-order valence-electron chi connectivity index (χ4n) is 3.62. The Morgan fingerprint density at radius 1 is 0.759 bits per heavy atom. The lowest BCUT2D eigenvalue weighted by Crippen LogP contribution is -2.41. The number of hydrogen-bond acceptors (Lipinski definition) is 4. The maximum atomic E-state index is 12.0. The summed E-state index contributed by atoms with van der Waals surface area (Å²) < 4.78 is 4.71. The second-order valence-electron chi connectivity index (χ2n) is 8.21. The molecule has 0 aliphatic heterocycles. The highest BCUT2D eigenvalue weighted by atomic mass is 32.1. The lowest BCUT2D eigenvalue weighted by atomic mass is 10.0. The predicted molar refractivity (Wildman–Crippen MR) is 127 cm³/mol. The number of esters is 1. The molecule has 0 aliphatic carbocycles. The largest absolute Gasteiger partial charge is 0.467 e. The van der Waals surface area contributed by atoms with Crippen molar-refractivity contribution in [2.24, 2.45) is 0 Å². The van der Waals surface area contributed by atoms with Crippen LogP contribution < -0.4 is 5.32 Å². The Bertz CT molecular complexity index is 390. The molecule has 0 aromatic carbocycles. The van der Waals surface area contributed by atoms with Gasteiger partial charge in [-0.3, -0.25) is 4.79 Å². The van der Waals surface area contributed by atoms with Crippen LogP contribution in [0.4, 0.5) is 0 Å². The normalized spacial score (nSPS) is 12.0. The first-order chi connectivity index (χ1) is 14.2. The van der Waals surface area contributed by atoms with Gasteiger partial charge in [0.25, 0.3) is 0 Å². The van der Waals surface area contributed by atoms with Crippen molar-refractivity contribution in [3.05, 3.63) is 0 Å². The SMILES string of the molecule is CCCCCCCCCCCCCCCCCCC(=O)NC(CCS)C(=O)OC. The van der Waals surface area contributed by atoms with E-state index in [2.05, 4.69) is 24.9 Å². The number of amides is 1. The molecule has 0 saturated heterocycles. The lowest BCUT2D eigenvalue weighted by Gasteiger charge is -2.15. The van der Waals surface area contributed by atoms with Gasteiger partial charge in [-0.1, -0.05) is 103 Å². The maximum Gasteiger partial charge on any atom is 0.328 e. The Balaban J connectivity index is 3.38. The van der Waals surface area contributed by atoms with Gasteiger partial charge in [-0.2, -0.15) is 12.6 Å². The van der Waals surface area contributed by atoms with E-state index in [1.54, 1.807) is 0 Å². The molecule has 0 aliphatic rings. The number of methoxy groups -OCH3 is 1. The number of carbonyl (C=O) groups excluding carboxylic acids is 2. The Labute approximate surface area is 185 Å². The third-order valence-electron chi connectivity index (χ3n) is 5.50. The minimum Gasteiger partial charge on any atom is -0.467 e. The van der Waals surface area contributed by atoms with E-state index in [0.717, 1.165) is 12.8 Å². The number of carbonyl (C=O) groups is 2. The average molecular weight is 430 g/mol. The molecule has 1 atom stereocenters. The number of thiol groups is 1. The Morgan fingerprint density at radius 2 is 1.17 bits per heavy atom. The summed E-state index contributed by atoms with van der Waals surface area (Å²) in [4.78, 5) is 23.5. The van der Waals surface area contributed by atoms with Crippen molar-refractivity contribution in [2.75, 3.05) is 12.9 Å². The number of ether oxygens (including phenoxy) is 1. The van der Waals surface area contributed by atoms with E-state index < -0.39 is 6.04 Å². The Morgan fingerprint density at radius 3 is 1.55 bits per heavy atom. The van der Waals surface area contributed by atoms with Gasteiger partial charge in [-0.15, -0.1) is 0 Å². The first-order valence-corrected chi connectivity index (χ1v) is 12.8. The van der Waals surface area contributed by atoms with Gasteiger partial charge in [0.15, 0.2) is 0 Å². The van der Waals surface area contributed by atoms with Gasteiger partial charge in [0.2, 0.25) is 5.91 Å². The van der Waals surface area contributed by atoms with Crippen LogP contribution in [0.25, 0.3) is 0 Å². The van der Waals surface area contributed by atoms with Crippen molar-refractivity contribution in [1.29, 1.82) is 0 Å². The first-order valence-electron chi connectivity index (χ1n) is 12.1. The zero-order valence-electron chi connectivity index (χ0n) is 19.2. The van der Waals surface area contributed by atoms with Crippen LogP contribution in [0.3, 0.4) is 0 Å². The van der Waals surface area contributed by atoms with Gasteiger partial charge in [0, 0.05) is 6.42 Å². The zero-order chi connectivity index (χ0) is 21.6. The molecule has 1 unspecified atom stereocenters. The van der Waals surface area contributed by atoms with Crippen LogP contribution in [0.15, 0.2) is 0 Å². The molecule has 0 bridgehead atoms. The molecule has 29 heavy (non-hydrogen) atoms. The molecule has 1 amide bonds. The zero-order valence-corrected chi connectivity index (χ0v) is 20.1. The molecular weight excluding hydrogens is 382 g/mol. The molecule has 0 rings (SSSR count). The quantitative estimate of drug-likeness (QED) is 0.122. The molecule has 0 radical (unpaired) electrons. The summed E-state index contributed by atoms with van der Waals surface area (Å²) in [6.45, 7) is 2.27. The van der Waals surface area contributed by atoms with Crippen LogP contribution in [0, 0.1) is 0 Å². The van der Waals surface area contributed by atoms with E-state index in [-0.39, 0.29) is 11.9 Å². The highest BCUT2D eigenvalue weighted by Crippen LogP contribution is 2.14. The van der Waals surface area contributed by atoms with Gasteiger partial charge >= 0.3 is 5.97 Å². The summed E-state index contributed by atoms with van der Waals surface area (Å²) in [5, 5.41) is 2.76. The number of rotatable bonds is 21. The van der Waals surface area contributed by atoms with Crippen LogP contribution >= 0.6 is 12.6 Å². The second-order valence-corrected chi connectivity index (χ2v) is 8.66. The van der Waals surface area contributed by atoms with E-state index in [1.165, 1.54) is 97.0 Å². The molecular formula is C24H47NO3S. The van der Waals surface area contributed by atoms with Crippen LogP contribution in [-0.4, -0.2) is 30.8 Å². The molecule has 0 aromatic heterocycles. The van der Waals surface area contributed by atoms with Crippen molar-refractivity contribution in [3.8, 4) is 0 Å². The van der Waals surface area contributed by atoms with Gasteiger partial charge in [0.05, 0.1) is 7.11 Å². The third-order valence-corrected chi connectivity index (χ3v) is 5.75. The molecule has 0 saturated carbocycles. The van der Waals surface area contributed by atoms with Crippen molar-refractivity contribution < 1.29 is 14.3 Å². The topological polar surface area (TPSA) is 55.4 Å². The first kappa shape index (κ1) is 28.3. The van der Waals surface area contributed by atoms with E-state index in [9.17, 15) is 9.59 Å². The minimum absolute atomic E-state index is 0.0625. The highest BCUT2D eigenvalue weighted by Gasteiger charge is 2.20. The number of unbranched alkanes of at least 4 members (excludes halogenated alkanes) is 15. The van der Waals surface area contributed by atoms with Crippen LogP contribution in [-0.2, 0) is 14.3 Å². The molecule has 0 aromatic rings. The summed E-state index contributed by atoms with van der Waals surface area (Å²) >= 11 is 4.12. The Hall–Kier alpha value is -0.710. The van der Waals surface area contributed by atoms with Crippen molar-refractivity contribution in [2.45, 2.75) is 129 Å². The van der Waals surface area contributed by atoms with Gasteiger partial charge in [-0.25, -0.2) is 4.79 Å². The van der Waals surface area contributed by atoms with Gasteiger partial charge in [-0.05, 0) is 18.6 Å². The van der Waals surface area contributed by atoms with Crippen molar-refractivity contribution in [3.63, 3.8) is 0 Å². The fourth-order valence-corrected chi connectivity index (χ4v) is 3.88. The van der Waals surface area contributed by atoms with E-state index >= 15 is 0 Å². The van der Waals surface area contributed by atoms with Crippen LogP contribution in [0.2, 0.25) is 0 Å². The van der Waals surface area contributed by atoms with Crippen molar-refractivity contribution >= 4 is 24.5 Å². The van der Waals surface area contributed by atoms with Crippen molar-refractivity contribution in [1.82, 2.24) is 5.32 Å². The van der Waals surface area contributed by atoms with Crippen LogP contribution in [0.1, 0.15) is 122 Å². The van der Waals surface area contributed by atoms with Gasteiger partial charge in [0.1, 0.15) is 6.04 Å². The van der Waals surface area contributed by atoms with Gasteiger partial charge < -0.3 is 10.1 Å².